The molecule has 1 aromatic heterocycles. The average molecular weight is 908 g/mol. The SMILES string of the molecule is CCN(CC)c1ccc(N=Nc2cccc3ccccc23)c(Nc2nc(Nc3cc(N(CC)CC)ccc3N=Nc3c(S(=O)(=O)O)ccc4ccccc34)nc(SC3CCCCC3)n2)c1. The van der Waals surface area contributed by atoms with E-state index in [0.717, 1.165) is 85.1 Å². The van der Waals surface area contributed by atoms with E-state index in [2.05, 4.69) is 82.6 Å². The van der Waals surface area contributed by atoms with Crippen molar-refractivity contribution in [3.05, 3.63) is 115 Å². The zero-order valence-electron chi connectivity index (χ0n) is 37.0. The van der Waals surface area contributed by atoms with Crippen LogP contribution in [0, 0.1) is 0 Å². The van der Waals surface area contributed by atoms with Crippen molar-refractivity contribution in [2.75, 3.05) is 46.6 Å². The van der Waals surface area contributed by atoms with Crippen molar-refractivity contribution in [1.29, 1.82) is 0 Å². The van der Waals surface area contributed by atoms with E-state index in [9.17, 15) is 13.0 Å². The van der Waals surface area contributed by atoms with Crippen LogP contribution in [-0.4, -0.2) is 59.4 Å². The Hall–Kier alpha value is -6.49. The lowest BCUT2D eigenvalue weighted by Gasteiger charge is -2.23. The van der Waals surface area contributed by atoms with Gasteiger partial charge in [0, 0.05) is 53.6 Å². The van der Waals surface area contributed by atoms with Gasteiger partial charge in [0.1, 0.15) is 22.0 Å². The Morgan fingerprint density at radius 1 is 0.600 bits per heavy atom. The van der Waals surface area contributed by atoms with E-state index < -0.39 is 10.1 Å². The number of fused-ring (bicyclic) bond motifs is 2. The Balaban J connectivity index is 1.22. The van der Waals surface area contributed by atoms with Crippen LogP contribution in [0.4, 0.5) is 57.4 Å². The van der Waals surface area contributed by atoms with E-state index in [-0.39, 0.29) is 16.5 Å². The molecule has 0 aliphatic heterocycles. The topological polar surface area (TPSA) is 173 Å². The molecule has 1 aliphatic carbocycles. The van der Waals surface area contributed by atoms with Crippen LogP contribution in [0.1, 0.15) is 59.8 Å². The smallest absolute Gasteiger partial charge is 0.296 e. The van der Waals surface area contributed by atoms with Crippen LogP contribution in [0.2, 0.25) is 0 Å². The van der Waals surface area contributed by atoms with Gasteiger partial charge in [0.15, 0.2) is 5.16 Å². The van der Waals surface area contributed by atoms with Gasteiger partial charge in [0.25, 0.3) is 10.1 Å². The maximum Gasteiger partial charge on any atom is 0.296 e. The predicted molar refractivity (Wildman–Crippen MR) is 265 cm³/mol. The maximum atomic E-state index is 12.6. The molecule has 7 aromatic rings. The Kier molecular flexibility index (Phi) is 14.3. The van der Waals surface area contributed by atoms with Gasteiger partial charge >= 0.3 is 0 Å². The molecule has 1 aliphatic rings. The number of hydrogen-bond donors (Lipinski definition) is 3. The van der Waals surface area contributed by atoms with Crippen molar-refractivity contribution in [2.45, 2.75) is 75.1 Å². The van der Waals surface area contributed by atoms with Crippen molar-refractivity contribution in [3.8, 4) is 0 Å². The highest BCUT2D eigenvalue weighted by atomic mass is 32.2. The molecule has 8 rings (SSSR count). The summed E-state index contributed by atoms with van der Waals surface area (Å²) in [7, 11) is -4.63. The van der Waals surface area contributed by atoms with Gasteiger partial charge in [0.05, 0.1) is 17.1 Å². The van der Waals surface area contributed by atoms with Gasteiger partial charge in [-0.25, -0.2) is 0 Å². The van der Waals surface area contributed by atoms with Crippen molar-refractivity contribution < 1.29 is 13.0 Å². The second-order valence-electron chi connectivity index (χ2n) is 15.6. The second-order valence-corrected chi connectivity index (χ2v) is 18.3. The quantitative estimate of drug-likeness (QED) is 0.0586. The third-order valence-corrected chi connectivity index (χ3v) is 13.7. The molecule has 1 heterocycles. The number of azo groups is 2. The first kappa shape index (κ1) is 45.1. The van der Waals surface area contributed by atoms with Crippen molar-refractivity contribution >= 4 is 101 Å². The Bertz CT molecular complexity index is 2960. The van der Waals surface area contributed by atoms with Gasteiger partial charge < -0.3 is 20.4 Å². The largest absolute Gasteiger partial charge is 0.372 e. The van der Waals surface area contributed by atoms with Gasteiger partial charge in [-0.05, 0) is 99.8 Å². The molecule has 0 spiro atoms. The lowest BCUT2D eigenvalue weighted by molar-refractivity contribution is 0.483. The summed E-state index contributed by atoms with van der Waals surface area (Å²) in [4.78, 5) is 19.0. The van der Waals surface area contributed by atoms with Crippen molar-refractivity contribution in [3.63, 3.8) is 0 Å². The molecule has 6 aromatic carbocycles. The zero-order chi connectivity index (χ0) is 45.3. The van der Waals surface area contributed by atoms with Gasteiger partial charge in [-0.2, -0.15) is 23.4 Å². The van der Waals surface area contributed by atoms with Crippen molar-refractivity contribution in [1.82, 2.24) is 15.0 Å². The van der Waals surface area contributed by atoms with Crippen LogP contribution < -0.4 is 20.4 Å². The van der Waals surface area contributed by atoms with Crippen LogP contribution in [0.3, 0.4) is 0 Å². The molecule has 334 valence electrons. The number of rotatable bonds is 17. The first-order valence-electron chi connectivity index (χ1n) is 22.2. The molecule has 0 atom stereocenters. The first-order chi connectivity index (χ1) is 31.6. The predicted octanol–water partition coefficient (Wildman–Crippen LogP) is 13.9. The molecule has 3 N–H and O–H groups in total. The zero-order valence-corrected chi connectivity index (χ0v) is 38.6. The van der Waals surface area contributed by atoms with E-state index in [4.69, 9.17) is 25.2 Å². The molecule has 1 saturated carbocycles. The van der Waals surface area contributed by atoms with Crippen molar-refractivity contribution in [2.24, 2.45) is 20.5 Å². The van der Waals surface area contributed by atoms with E-state index in [1.165, 1.54) is 12.5 Å². The first-order valence-corrected chi connectivity index (χ1v) is 24.5. The summed E-state index contributed by atoms with van der Waals surface area (Å²) >= 11 is 1.65. The molecule has 14 nitrogen and oxygen atoms in total. The molecule has 0 unspecified atom stereocenters. The van der Waals surface area contributed by atoms with Gasteiger partial charge in [-0.15, -0.1) is 20.5 Å². The minimum atomic E-state index is -4.63. The number of thioether (sulfide) groups is 1. The monoisotopic (exact) mass is 907 g/mol. The van der Waals surface area contributed by atoms with Crippen LogP contribution in [0.25, 0.3) is 21.5 Å². The summed E-state index contributed by atoms with van der Waals surface area (Å²) in [5, 5.41) is 29.9. The summed E-state index contributed by atoms with van der Waals surface area (Å²) in [6, 6.07) is 36.1. The number of nitrogens with zero attached hydrogens (tertiary/aromatic N) is 9. The Labute approximate surface area is 384 Å². The lowest BCUT2D eigenvalue weighted by Crippen LogP contribution is -2.21. The summed E-state index contributed by atoms with van der Waals surface area (Å²) < 4.78 is 35.4. The highest BCUT2D eigenvalue weighted by Crippen LogP contribution is 2.40. The summed E-state index contributed by atoms with van der Waals surface area (Å²) in [5.74, 6) is 0.590. The summed E-state index contributed by atoms with van der Waals surface area (Å²) in [6.07, 6.45) is 5.68. The fraction of sp³-hybridized carbons (Fsp3) is 0.286. The van der Waals surface area contributed by atoms with Crippen LogP contribution in [0.15, 0.2) is 146 Å². The molecular formula is C49H53N11O3S2. The molecule has 16 heteroatoms. The lowest BCUT2D eigenvalue weighted by atomic mass is 10.0. The van der Waals surface area contributed by atoms with Crippen LogP contribution in [-0.2, 0) is 10.1 Å². The third-order valence-electron chi connectivity index (χ3n) is 11.6. The summed E-state index contributed by atoms with van der Waals surface area (Å²) in [6.45, 7) is 11.6. The van der Waals surface area contributed by atoms with Gasteiger partial charge in [-0.3, -0.25) is 4.55 Å². The number of aromatic nitrogens is 3. The fourth-order valence-corrected chi connectivity index (χ4v) is 9.92. The minimum Gasteiger partial charge on any atom is -0.372 e. The van der Waals surface area contributed by atoms with Crippen LogP contribution >= 0.6 is 11.8 Å². The highest BCUT2D eigenvalue weighted by Gasteiger charge is 2.21. The average Bonchev–Trinajstić information content (AvgIpc) is 3.31. The van der Waals surface area contributed by atoms with Gasteiger partial charge in [0.2, 0.25) is 11.9 Å². The molecule has 0 bridgehead atoms. The molecule has 65 heavy (non-hydrogen) atoms. The molecule has 0 radical (unpaired) electrons. The Morgan fingerprint density at radius 2 is 1.12 bits per heavy atom. The number of benzene rings is 6. The molecule has 1 fully saturated rings. The number of hydrogen-bond acceptors (Lipinski definition) is 14. The number of anilines is 6. The highest BCUT2D eigenvalue weighted by molar-refractivity contribution is 7.99. The maximum absolute atomic E-state index is 12.6. The van der Waals surface area contributed by atoms with Gasteiger partial charge in [-0.1, -0.05) is 97.8 Å². The second kappa shape index (κ2) is 20.6. The standard InChI is InChI=1S/C49H53N11O3S2/c1-5-59(6-2)35-26-28-41(56-55-40-24-16-19-33-17-12-14-22-38(33)40)43(31-35)50-47-52-48(54-49(53-47)64-37-20-10-9-11-21-37)51-44-32-36(60(7-3)8-4)27-29-42(44)57-58-46-39-23-15-13-18-34(39)25-30-45(46)65(61,62)63/h12-19,22-32,37H,5-11,20-21H2,1-4H3,(H,61,62,63)(H2,50,51,52,53,54). The summed E-state index contributed by atoms with van der Waals surface area (Å²) in [5.41, 5.74) is 4.94. The van der Waals surface area contributed by atoms with E-state index in [0.29, 0.717) is 44.5 Å². The van der Waals surface area contributed by atoms with E-state index in [1.807, 2.05) is 66.7 Å². The van der Waals surface area contributed by atoms with Crippen LogP contribution in [0.5, 0.6) is 0 Å². The minimum absolute atomic E-state index is 0.0301. The Morgan fingerprint density at radius 3 is 1.71 bits per heavy atom. The fourth-order valence-electron chi connectivity index (χ4n) is 8.14. The molecule has 0 saturated heterocycles. The van der Waals surface area contributed by atoms with E-state index >= 15 is 0 Å². The molecule has 0 amide bonds. The number of nitrogens with one attached hydrogen (secondary N) is 2. The molecular weight excluding hydrogens is 855 g/mol. The third kappa shape index (κ3) is 10.7. The van der Waals surface area contributed by atoms with E-state index in [1.54, 1.807) is 30.0 Å². The normalized spacial score (nSPS) is 13.6.